The minimum Gasteiger partial charge on any atom is -0.384 e. The lowest BCUT2D eigenvalue weighted by molar-refractivity contribution is -0.121. The Balaban J connectivity index is 1.40. The third-order valence-electron chi connectivity index (χ3n) is 4.83. The molecule has 1 unspecified atom stereocenters. The summed E-state index contributed by atoms with van der Waals surface area (Å²) in [5, 5.41) is 5.10. The van der Waals surface area contributed by atoms with Crippen molar-refractivity contribution in [1.82, 2.24) is 15.2 Å². The predicted molar refractivity (Wildman–Crippen MR) is 108 cm³/mol. The summed E-state index contributed by atoms with van der Waals surface area (Å²) in [4.78, 5) is 31.8. The van der Waals surface area contributed by atoms with Gasteiger partial charge in [-0.1, -0.05) is 6.07 Å². The fourth-order valence-electron chi connectivity index (χ4n) is 3.36. The SMILES string of the molecule is Nc1ccc(C(=O)N2CCCC(CNC(=O)CCCc3cccs3)C2)cn1. The molecule has 2 aromatic rings. The van der Waals surface area contributed by atoms with Crippen LogP contribution in [0, 0.1) is 5.92 Å². The Kier molecular flexibility index (Phi) is 6.81. The summed E-state index contributed by atoms with van der Waals surface area (Å²) in [5.74, 6) is 0.780. The number of likely N-dealkylation sites (tertiary alicyclic amines) is 1. The zero-order valence-corrected chi connectivity index (χ0v) is 16.2. The van der Waals surface area contributed by atoms with Gasteiger partial charge in [0.1, 0.15) is 5.82 Å². The van der Waals surface area contributed by atoms with Crippen molar-refractivity contribution in [1.29, 1.82) is 0 Å². The lowest BCUT2D eigenvalue weighted by Crippen LogP contribution is -2.43. The third kappa shape index (κ3) is 5.79. The molecular formula is C20H26N4O2S. The van der Waals surface area contributed by atoms with Gasteiger partial charge in [0.25, 0.3) is 5.91 Å². The molecule has 1 aliphatic rings. The smallest absolute Gasteiger partial charge is 0.255 e. The number of carbonyl (C=O) groups excluding carboxylic acids is 2. The van der Waals surface area contributed by atoms with Gasteiger partial charge in [-0.15, -0.1) is 11.3 Å². The van der Waals surface area contributed by atoms with Crippen LogP contribution in [0.3, 0.4) is 0 Å². The molecule has 144 valence electrons. The standard InChI is InChI=1S/C20H26N4O2S/c21-18-9-8-16(13-22-18)20(26)24-10-2-4-15(14-24)12-23-19(25)7-1-5-17-6-3-11-27-17/h3,6,8-9,11,13,15H,1-2,4-5,7,10,12,14H2,(H2,21,22)(H,23,25). The molecule has 0 aliphatic carbocycles. The van der Waals surface area contributed by atoms with Gasteiger partial charge in [-0.25, -0.2) is 4.98 Å². The first-order valence-corrected chi connectivity index (χ1v) is 10.3. The summed E-state index contributed by atoms with van der Waals surface area (Å²) in [6, 6.07) is 7.50. The van der Waals surface area contributed by atoms with E-state index in [1.807, 2.05) is 11.0 Å². The lowest BCUT2D eigenvalue weighted by atomic mass is 9.97. The van der Waals surface area contributed by atoms with E-state index in [0.717, 1.165) is 32.2 Å². The van der Waals surface area contributed by atoms with Crippen molar-refractivity contribution in [3.8, 4) is 0 Å². The number of aryl methyl sites for hydroxylation is 1. The highest BCUT2D eigenvalue weighted by atomic mass is 32.1. The first-order chi connectivity index (χ1) is 13.1. The van der Waals surface area contributed by atoms with E-state index < -0.39 is 0 Å². The van der Waals surface area contributed by atoms with Crippen molar-refractivity contribution in [3.63, 3.8) is 0 Å². The third-order valence-corrected chi connectivity index (χ3v) is 5.77. The van der Waals surface area contributed by atoms with Gasteiger partial charge in [0, 0.05) is 37.1 Å². The normalized spacial score (nSPS) is 16.9. The van der Waals surface area contributed by atoms with Gasteiger partial charge in [0.05, 0.1) is 5.56 Å². The zero-order valence-electron chi connectivity index (χ0n) is 15.4. The van der Waals surface area contributed by atoms with Crippen LogP contribution >= 0.6 is 11.3 Å². The Bertz CT molecular complexity index is 746. The second-order valence-electron chi connectivity index (χ2n) is 6.97. The van der Waals surface area contributed by atoms with Gasteiger partial charge < -0.3 is 16.0 Å². The largest absolute Gasteiger partial charge is 0.384 e. The molecule has 27 heavy (non-hydrogen) atoms. The molecule has 0 radical (unpaired) electrons. The van der Waals surface area contributed by atoms with Gasteiger partial charge in [0.15, 0.2) is 0 Å². The van der Waals surface area contributed by atoms with Gasteiger partial charge in [-0.3, -0.25) is 9.59 Å². The van der Waals surface area contributed by atoms with Crippen LogP contribution in [0.25, 0.3) is 0 Å². The van der Waals surface area contributed by atoms with Crippen molar-refractivity contribution < 1.29 is 9.59 Å². The molecule has 2 aromatic heterocycles. The number of thiophene rings is 1. The summed E-state index contributed by atoms with van der Waals surface area (Å²) in [6.07, 6.45) is 5.87. The monoisotopic (exact) mass is 386 g/mol. The van der Waals surface area contributed by atoms with Gasteiger partial charge >= 0.3 is 0 Å². The topological polar surface area (TPSA) is 88.3 Å². The summed E-state index contributed by atoms with van der Waals surface area (Å²) < 4.78 is 0. The second-order valence-corrected chi connectivity index (χ2v) is 8.00. The first kappa shape index (κ1) is 19.4. The first-order valence-electron chi connectivity index (χ1n) is 9.41. The van der Waals surface area contributed by atoms with Crippen molar-refractivity contribution in [2.75, 3.05) is 25.4 Å². The molecule has 3 rings (SSSR count). The summed E-state index contributed by atoms with van der Waals surface area (Å²) >= 11 is 1.73. The number of aromatic nitrogens is 1. The van der Waals surface area contributed by atoms with Crippen LogP contribution in [-0.4, -0.2) is 41.3 Å². The van der Waals surface area contributed by atoms with Crippen LogP contribution in [0.2, 0.25) is 0 Å². The molecule has 0 bridgehead atoms. The average Bonchev–Trinajstić information content (AvgIpc) is 3.20. The highest BCUT2D eigenvalue weighted by molar-refractivity contribution is 7.09. The van der Waals surface area contributed by atoms with Crippen LogP contribution in [0.1, 0.15) is 40.9 Å². The number of anilines is 1. The number of amides is 2. The number of nitrogens with one attached hydrogen (secondary N) is 1. The van der Waals surface area contributed by atoms with Gasteiger partial charge in [0.2, 0.25) is 5.91 Å². The molecule has 1 fully saturated rings. The van der Waals surface area contributed by atoms with E-state index in [0.29, 0.717) is 36.8 Å². The quantitative estimate of drug-likeness (QED) is 0.766. The van der Waals surface area contributed by atoms with E-state index in [-0.39, 0.29) is 11.8 Å². The lowest BCUT2D eigenvalue weighted by Gasteiger charge is -2.33. The van der Waals surface area contributed by atoms with Gasteiger partial charge in [-0.2, -0.15) is 0 Å². The van der Waals surface area contributed by atoms with Crippen LogP contribution in [0.15, 0.2) is 35.8 Å². The molecule has 2 amide bonds. The fraction of sp³-hybridized carbons (Fsp3) is 0.450. The molecule has 3 N–H and O–H groups in total. The number of pyridine rings is 1. The molecule has 1 atom stereocenters. The average molecular weight is 387 g/mol. The maximum absolute atomic E-state index is 12.6. The zero-order chi connectivity index (χ0) is 19.1. The fourth-order valence-corrected chi connectivity index (χ4v) is 4.11. The Labute approximate surface area is 163 Å². The Morgan fingerprint density at radius 3 is 2.96 bits per heavy atom. The predicted octanol–water partition coefficient (Wildman–Crippen LogP) is 2.72. The van der Waals surface area contributed by atoms with E-state index in [1.165, 1.54) is 11.1 Å². The summed E-state index contributed by atoms with van der Waals surface area (Å²) in [5.41, 5.74) is 6.14. The van der Waals surface area contributed by atoms with Crippen molar-refractivity contribution in [2.45, 2.75) is 32.1 Å². The van der Waals surface area contributed by atoms with E-state index in [9.17, 15) is 9.59 Å². The molecule has 1 aliphatic heterocycles. The Morgan fingerprint density at radius 2 is 2.22 bits per heavy atom. The van der Waals surface area contributed by atoms with E-state index in [1.54, 1.807) is 23.5 Å². The highest BCUT2D eigenvalue weighted by Crippen LogP contribution is 2.18. The number of piperidine rings is 1. The van der Waals surface area contributed by atoms with E-state index in [2.05, 4.69) is 21.7 Å². The van der Waals surface area contributed by atoms with Crippen LogP contribution in [0.4, 0.5) is 5.82 Å². The highest BCUT2D eigenvalue weighted by Gasteiger charge is 2.24. The Hall–Kier alpha value is -2.41. The van der Waals surface area contributed by atoms with Crippen molar-refractivity contribution in [2.24, 2.45) is 5.92 Å². The number of nitrogen functional groups attached to an aromatic ring is 1. The number of nitrogens with two attached hydrogens (primary N) is 1. The number of hydrogen-bond acceptors (Lipinski definition) is 5. The molecule has 7 heteroatoms. The minimum atomic E-state index is -0.0190. The van der Waals surface area contributed by atoms with Gasteiger partial charge in [-0.05, 0) is 55.2 Å². The van der Waals surface area contributed by atoms with E-state index >= 15 is 0 Å². The Morgan fingerprint density at radius 1 is 1.33 bits per heavy atom. The maximum Gasteiger partial charge on any atom is 0.255 e. The molecule has 0 spiro atoms. The number of carbonyl (C=O) groups is 2. The summed E-state index contributed by atoms with van der Waals surface area (Å²) in [7, 11) is 0. The molecule has 0 aromatic carbocycles. The number of hydrogen-bond donors (Lipinski definition) is 2. The van der Waals surface area contributed by atoms with Crippen LogP contribution < -0.4 is 11.1 Å². The molecular weight excluding hydrogens is 360 g/mol. The van der Waals surface area contributed by atoms with E-state index in [4.69, 9.17) is 5.73 Å². The summed E-state index contributed by atoms with van der Waals surface area (Å²) in [6.45, 7) is 2.04. The minimum absolute atomic E-state index is 0.0190. The number of nitrogens with zero attached hydrogens (tertiary/aromatic N) is 2. The molecule has 3 heterocycles. The molecule has 0 saturated carbocycles. The van der Waals surface area contributed by atoms with Crippen molar-refractivity contribution >= 4 is 29.0 Å². The van der Waals surface area contributed by atoms with Crippen LogP contribution in [0.5, 0.6) is 0 Å². The second kappa shape index (κ2) is 9.50. The van der Waals surface area contributed by atoms with Crippen LogP contribution in [-0.2, 0) is 11.2 Å². The maximum atomic E-state index is 12.6. The molecule has 1 saturated heterocycles. The van der Waals surface area contributed by atoms with Crippen molar-refractivity contribution in [3.05, 3.63) is 46.3 Å². The number of rotatable bonds is 7. The molecule has 6 nitrogen and oxygen atoms in total.